The first-order chi connectivity index (χ1) is 6.27. The fourth-order valence-corrected chi connectivity index (χ4v) is 0. The van der Waals surface area contributed by atoms with Gasteiger partial charge in [-0.1, -0.05) is 0 Å². The molecule has 93 valence electrons. The second-order valence-electron chi connectivity index (χ2n) is 1.43. The molecule has 14 heteroatoms. The third-order valence-corrected chi connectivity index (χ3v) is 0.888. The summed E-state index contributed by atoms with van der Waals surface area (Å²) in [4.78, 5) is 45.3. The molecule has 8 nitrogen and oxygen atoms in total. The fraction of sp³-hybridized carbons (Fsp3) is 0. The molecule has 0 saturated carbocycles. The van der Waals surface area contributed by atoms with E-state index < -0.39 is 13.4 Å². The van der Waals surface area contributed by atoms with Crippen LogP contribution in [0.2, 0.25) is 0 Å². The van der Waals surface area contributed by atoms with Gasteiger partial charge in [0.05, 0.1) is 0 Å². The molecule has 0 heterocycles. The average Bonchev–Trinajstić information content (AvgIpc) is 1.79. The van der Waals surface area contributed by atoms with Gasteiger partial charge in [0.2, 0.25) is 0 Å². The van der Waals surface area contributed by atoms with Crippen molar-refractivity contribution >= 4 is 54.4 Å². The van der Waals surface area contributed by atoms with Crippen molar-refractivity contribution in [3.05, 3.63) is 0 Å². The first kappa shape index (κ1) is 21.7. The van der Waals surface area contributed by atoms with Crippen LogP contribution >= 0.6 is 25.7 Å². The van der Waals surface area contributed by atoms with Crippen LogP contribution in [-0.4, -0.2) is 34.5 Å². The predicted octanol–water partition coefficient (Wildman–Crippen LogP) is -1.92. The smallest absolute Gasteiger partial charge is 0.319 e. The molecule has 15 heavy (non-hydrogen) atoms. The minimum absolute atomic E-state index is 0.0924. The van der Waals surface area contributed by atoms with Crippen LogP contribution in [0.5, 0.6) is 0 Å². The molecule has 0 unspecified atom stereocenters. The minimum Gasteiger partial charge on any atom is -0.325 e. The molecule has 0 fully saturated rings. The van der Waals surface area contributed by atoms with E-state index in [4.69, 9.17) is 35.1 Å². The van der Waals surface area contributed by atoms with Crippen LogP contribution in [-0.2, 0) is 47.2 Å². The number of hydrogen-bond donors (Lipinski definition) is 7. The Balaban J connectivity index is -0.000000144. The molecule has 0 amide bonds. The van der Waals surface area contributed by atoms with Crippen molar-refractivity contribution in [1.29, 1.82) is 0 Å². The largest absolute Gasteiger partial charge is 0.325 e. The summed E-state index contributed by atoms with van der Waals surface area (Å²) in [7, 11) is 0. The van der Waals surface area contributed by atoms with Crippen molar-refractivity contribution in [1.82, 2.24) is 0 Å². The zero-order chi connectivity index (χ0) is 13.3. The Bertz CT molecular complexity index is 224. The Morgan fingerprint density at radius 2 is 1.07 bits per heavy atom. The Labute approximate surface area is 113 Å². The van der Waals surface area contributed by atoms with Gasteiger partial charge in [0.1, 0.15) is 0 Å². The molecule has 0 aromatic carbocycles. The molecule has 8 N–H and O–H groups in total. The Morgan fingerprint density at radius 3 is 1.07 bits per heavy atom. The molecule has 0 atom stereocenters. The normalized spacial score (nSPS) is 10.0. The number of nitrogens with two attached hydrogens (primary N) is 1. The summed E-state index contributed by atoms with van der Waals surface area (Å²) in [5.74, 6) is 0. The molecular weight excluding hydrogens is 392 g/mol. The zero-order valence-corrected chi connectivity index (χ0v) is 12.9. The molecule has 0 aromatic rings. The van der Waals surface area contributed by atoms with E-state index in [1.807, 2.05) is 0 Å². The van der Waals surface area contributed by atoms with E-state index in [1.165, 1.54) is 20.2 Å². The van der Waals surface area contributed by atoms with Gasteiger partial charge in [-0.25, -0.2) is 0 Å². The van der Waals surface area contributed by atoms with E-state index in [0.717, 1.165) is 0 Å². The summed E-state index contributed by atoms with van der Waals surface area (Å²) in [5.41, 5.74) is 4.80. The van der Waals surface area contributed by atoms with E-state index in [1.54, 1.807) is 0 Å². The molecule has 0 rings (SSSR count). The Hall–Kier alpha value is 1.44. The van der Waals surface area contributed by atoms with Gasteiger partial charge in [-0.05, 0) is 23.6 Å². The molecule has 0 aliphatic heterocycles. The van der Waals surface area contributed by atoms with Gasteiger partial charge in [-0.2, -0.15) is 0 Å². The molecule has 0 saturated heterocycles. The molecular formula is CH8MoNO7P2S3. The topological polar surface area (TPSA) is 157 Å². The van der Waals surface area contributed by atoms with E-state index in [2.05, 4.69) is 39.2 Å². The third kappa shape index (κ3) is 236. The first-order valence-corrected chi connectivity index (χ1v) is 8.98. The summed E-state index contributed by atoms with van der Waals surface area (Å²) >= 11 is 12.8. The summed E-state index contributed by atoms with van der Waals surface area (Å²) in [6, 6.07) is 0. The maximum atomic E-state index is 7.56. The maximum absolute atomic E-state index is 7.56. The van der Waals surface area contributed by atoms with Crippen LogP contribution in [0.3, 0.4) is 0 Å². The number of rotatable bonds is 0. The number of thiocarbonyl (C=S) groups is 1. The minimum atomic E-state index is -3.81. The number of hydrogen-bond acceptors (Lipinski definition) is 4. The summed E-state index contributed by atoms with van der Waals surface area (Å²) in [5, 5.41) is 0.0924. The predicted molar refractivity (Wildman–Crippen MR) is 59.8 cm³/mol. The van der Waals surface area contributed by atoms with Gasteiger partial charge in [0, 0.05) is 0 Å². The fourth-order valence-electron chi connectivity index (χ4n) is 0. The van der Waals surface area contributed by atoms with Crippen molar-refractivity contribution < 1.29 is 52.9 Å². The Morgan fingerprint density at radius 1 is 1.00 bits per heavy atom. The van der Waals surface area contributed by atoms with Crippen LogP contribution in [0.4, 0.5) is 0 Å². The van der Waals surface area contributed by atoms with Gasteiger partial charge in [-0.15, -0.1) is 0 Å². The molecule has 0 aliphatic carbocycles. The standard InChI is InChI=1S/CH3NOS.Mo.2H3O3PS/c2-1(3)4;;2*1-4(2,3)5/h(H3,2,3,4);;2*(H3,1,2,3,5)/q;+1;;/p-1. The summed E-state index contributed by atoms with van der Waals surface area (Å²) < 4.78 is 4.27. The van der Waals surface area contributed by atoms with Crippen LogP contribution in [0.1, 0.15) is 0 Å². The third-order valence-electron chi connectivity index (χ3n) is 0.0821. The van der Waals surface area contributed by atoms with E-state index in [9.17, 15) is 0 Å². The van der Waals surface area contributed by atoms with Gasteiger partial charge in [0.25, 0.3) is 0 Å². The molecule has 0 aliphatic rings. The van der Waals surface area contributed by atoms with Crippen molar-refractivity contribution in [2.75, 3.05) is 0 Å². The van der Waals surface area contributed by atoms with Crippen LogP contribution in [0, 0.1) is 0 Å². The van der Waals surface area contributed by atoms with Gasteiger partial charge in [0.15, 0.2) is 0 Å². The maximum Gasteiger partial charge on any atom is 0.319 e. The quantitative estimate of drug-likeness (QED) is 0.138. The SMILES string of the molecule is NC(=S)[O][Mo].OP(O)(O)=S.OP(O)(O)=S. The Kier molecular flexibility index (Phi) is 15.3. The molecule has 0 spiro atoms. The van der Waals surface area contributed by atoms with E-state index >= 15 is 0 Å². The van der Waals surface area contributed by atoms with Gasteiger partial charge < -0.3 is 29.4 Å². The average molecular weight is 400 g/mol. The molecule has 0 aromatic heterocycles. The monoisotopic (exact) mass is 402 g/mol. The van der Waals surface area contributed by atoms with Crippen molar-refractivity contribution in [3.8, 4) is 0 Å². The van der Waals surface area contributed by atoms with Crippen LogP contribution in [0.15, 0.2) is 0 Å². The van der Waals surface area contributed by atoms with Crippen molar-refractivity contribution in [3.63, 3.8) is 0 Å². The molecule has 0 bridgehead atoms. The van der Waals surface area contributed by atoms with Gasteiger partial charge in [-0.3, -0.25) is 0 Å². The van der Waals surface area contributed by atoms with Crippen LogP contribution in [0.25, 0.3) is 0 Å². The van der Waals surface area contributed by atoms with Crippen molar-refractivity contribution in [2.45, 2.75) is 0 Å². The second-order valence-corrected chi connectivity index (χ2v) is 7.23. The summed E-state index contributed by atoms with van der Waals surface area (Å²) in [6.45, 7) is -7.61. The van der Waals surface area contributed by atoms with Gasteiger partial charge >= 0.3 is 60.1 Å². The first-order valence-electron chi connectivity index (χ1n) is 2.43. The van der Waals surface area contributed by atoms with Crippen LogP contribution < -0.4 is 5.73 Å². The van der Waals surface area contributed by atoms with E-state index in [0.29, 0.717) is 0 Å². The summed E-state index contributed by atoms with van der Waals surface area (Å²) in [6.07, 6.45) is 0. The zero-order valence-electron chi connectivity index (χ0n) is 6.70. The second kappa shape index (κ2) is 10.6. The molecule has 0 radical (unpaired) electrons. The van der Waals surface area contributed by atoms with E-state index in [-0.39, 0.29) is 5.17 Å². The van der Waals surface area contributed by atoms with Crippen molar-refractivity contribution in [2.24, 2.45) is 5.73 Å².